The standard InChI is InChI=1S/C16H20N2O2/c1-10-9-14(12(3)20-10)11(2)18-15(16(17)19)13-7-5-4-6-8-13/h4-9,11,15,18H,1-3H3,(H2,17,19)/t11-,15+/m1/s1. The van der Waals surface area contributed by atoms with Crippen LogP contribution in [0.2, 0.25) is 0 Å². The maximum absolute atomic E-state index is 11.7. The van der Waals surface area contributed by atoms with Crippen molar-refractivity contribution in [1.29, 1.82) is 0 Å². The second-order valence-electron chi connectivity index (χ2n) is 5.00. The van der Waals surface area contributed by atoms with E-state index in [0.717, 1.165) is 22.6 Å². The van der Waals surface area contributed by atoms with E-state index in [1.165, 1.54) is 0 Å². The zero-order valence-corrected chi connectivity index (χ0v) is 12.0. The molecule has 2 atom stereocenters. The number of hydrogen-bond donors (Lipinski definition) is 2. The Morgan fingerprint density at radius 3 is 2.40 bits per heavy atom. The van der Waals surface area contributed by atoms with E-state index in [4.69, 9.17) is 10.2 Å². The molecule has 2 rings (SSSR count). The lowest BCUT2D eigenvalue weighted by molar-refractivity contribution is -0.120. The number of rotatable bonds is 5. The summed E-state index contributed by atoms with van der Waals surface area (Å²) in [4.78, 5) is 11.7. The third kappa shape index (κ3) is 3.08. The fraction of sp³-hybridized carbons (Fsp3) is 0.312. The van der Waals surface area contributed by atoms with Crippen molar-refractivity contribution in [3.8, 4) is 0 Å². The maximum atomic E-state index is 11.7. The number of primary amides is 1. The van der Waals surface area contributed by atoms with Gasteiger partial charge in [-0.3, -0.25) is 10.1 Å². The van der Waals surface area contributed by atoms with Gasteiger partial charge in [0.2, 0.25) is 5.91 Å². The molecule has 0 bridgehead atoms. The summed E-state index contributed by atoms with van der Waals surface area (Å²) in [7, 11) is 0. The highest BCUT2D eigenvalue weighted by Gasteiger charge is 2.22. The van der Waals surface area contributed by atoms with Crippen LogP contribution in [0.15, 0.2) is 40.8 Å². The molecule has 1 aromatic carbocycles. The average molecular weight is 272 g/mol. The van der Waals surface area contributed by atoms with Crippen molar-refractivity contribution in [3.05, 3.63) is 59.0 Å². The molecule has 1 heterocycles. The smallest absolute Gasteiger partial charge is 0.239 e. The summed E-state index contributed by atoms with van der Waals surface area (Å²) >= 11 is 0. The Balaban J connectivity index is 2.21. The van der Waals surface area contributed by atoms with Crippen molar-refractivity contribution >= 4 is 5.91 Å². The van der Waals surface area contributed by atoms with Crippen LogP contribution < -0.4 is 11.1 Å². The molecule has 0 spiro atoms. The Morgan fingerprint density at radius 1 is 1.25 bits per heavy atom. The van der Waals surface area contributed by atoms with Gasteiger partial charge in [0.1, 0.15) is 17.6 Å². The van der Waals surface area contributed by atoms with Gasteiger partial charge in [-0.2, -0.15) is 0 Å². The molecular formula is C16H20N2O2. The SMILES string of the molecule is Cc1cc([C@@H](C)N[C@H](C(N)=O)c2ccccc2)c(C)o1. The molecule has 1 aromatic heterocycles. The predicted molar refractivity (Wildman–Crippen MR) is 78.1 cm³/mol. The van der Waals surface area contributed by atoms with Crippen LogP contribution in [0, 0.1) is 13.8 Å². The Morgan fingerprint density at radius 2 is 1.90 bits per heavy atom. The number of amides is 1. The number of carbonyl (C=O) groups excluding carboxylic acids is 1. The number of hydrogen-bond acceptors (Lipinski definition) is 3. The molecule has 3 N–H and O–H groups in total. The minimum atomic E-state index is -0.513. The lowest BCUT2D eigenvalue weighted by Gasteiger charge is -2.21. The molecule has 2 aromatic rings. The first-order valence-electron chi connectivity index (χ1n) is 6.66. The van der Waals surface area contributed by atoms with Gasteiger partial charge in [0, 0.05) is 11.6 Å². The van der Waals surface area contributed by atoms with Crippen molar-refractivity contribution < 1.29 is 9.21 Å². The molecule has 106 valence electrons. The first-order valence-corrected chi connectivity index (χ1v) is 6.66. The van der Waals surface area contributed by atoms with Crippen LogP contribution >= 0.6 is 0 Å². The first kappa shape index (κ1) is 14.3. The van der Waals surface area contributed by atoms with Gasteiger partial charge in [0.05, 0.1) is 0 Å². The minimum absolute atomic E-state index is 0.0230. The molecule has 4 heteroatoms. The molecular weight excluding hydrogens is 252 g/mol. The number of nitrogens with two attached hydrogens (primary N) is 1. The van der Waals surface area contributed by atoms with Crippen molar-refractivity contribution in [1.82, 2.24) is 5.32 Å². The van der Waals surface area contributed by atoms with Crippen LogP contribution in [0.5, 0.6) is 0 Å². The molecule has 0 aliphatic rings. The lowest BCUT2D eigenvalue weighted by Crippen LogP contribution is -2.35. The highest BCUT2D eigenvalue weighted by Crippen LogP contribution is 2.24. The zero-order chi connectivity index (χ0) is 14.7. The summed E-state index contributed by atoms with van der Waals surface area (Å²) in [5.74, 6) is 1.33. The van der Waals surface area contributed by atoms with Crippen LogP contribution in [-0.2, 0) is 4.79 Å². The molecule has 4 nitrogen and oxygen atoms in total. The van der Waals surface area contributed by atoms with Crippen molar-refractivity contribution in [3.63, 3.8) is 0 Å². The molecule has 0 fully saturated rings. The highest BCUT2D eigenvalue weighted by atomic mass is 16.3. The number of nitrogens with one attached hydrogen (secondary N) is 1. The van der Waals surface area contributed by atoms with E-state index in [-0.39, 0.29) is 11.9 Å². The van der Waals surface area contributed by atoms with Crippen LogP contribution in [0.1, 0.15) is 41.7 Å². The van der Waals surface area contributed by atoms with E-state index >= 15 is 0 Å². The predicted octanol–water partition coefficient (Wildman–Crippen LogP) is 2.77. The van der Waals surface area contributed by atoms with Crippen LogP contribution in [0.3, 0.4) is 0 Å². The number of benzene rings is 1. The summed E-state index contributed by atoms with van der Waals surface area (Å²) in [6.07, 6.45) is 0. The van der Waals surface area contributed by atoms with Gasteiger partial charge >= 0.3 is 0 Å². The Bertz CT molecular complexity index is 590. The van der Waals surface area contributed by atoms with Gasteiger partial charge in [-0.25, -0.2) is 0 Å². The molecule has 1 amide bonds. The molecule has 20 heavy (non-hydrogen) atoms. The summed E-state index contributed by atoms with van der Waals surface area (Å²) in [5.41, 5.74) is 7.42. The van der Waals surface area contributed by atoms with Gasteiger partial charge in [0.15, 0.2) is 0 Å². The molecule has 0 saturated carbocycles. The van der Waals surface area contributed by atoms with E-state index in [9.17, 15) is 4.79 Å². The summed E-state index contributed by atoms with van der Waals surface area (Å²) in [6, 6.07) is 10.9. The summed E-state index contributed by atoms with van der Waals surface area (Å²) in [6.45, 7) is 5.82. The number of furan rings is 1. The van der Waals surface area contributed by atoms with Crippen LogP contribution in [0.4, 0.5) is 0 Å². The third-order valence-corrected chi connectivity index (χ3v) is 3.38. The van der Waals surface area contributed by atoms with E-state index in [1.54, 1.807) is 0 Å². The molecule has 0 radical (unpaired) electrons. The molecule has 0 aliphatic heterocycles. The van der Waals surface area contributed by atoms with Gasteiger partial charge < -0.3 is 10.2 Å². The fourth-order valence-electron chi connectivity index (χ4n) is 2.41. The quantitative estimate of drug-likeness (QED) is 0.879. The van der Waals surface area contributed by atoms with E-state index in [0.29, 0.717) is 0 Å². The fourth-order valence-corrected chi connectivity index (χ4v) is 2.41. The van der Waals surface area contributed by atoms with Crippen molar-refractivity contribution in [2.24, 2.45) is 5.73 Å². The Kier molecular flexibility index (Phi) is 4.25. The minimum Gasteiger partial charge on any atom is -0.466 e. The van der Waals surface area contributed by atoms with E-state index < -0.39 is 6.04 Å². The zero-order valence-electron chi connectivity index (χ0n) is 12.0. The van der Waals surface area contributed by atoms with Crippen LogP contribution in [-0.4, -0.2) is 5.91 Å². The normalized spacial score (nSPS) is 13.9. The van der Waals surface area contributed by atoms with E-state index in [1.807, 2.05) is 57.2 Å². The van der Waals surface area contributed by atoms with Gasteiger partial charge in [-0.1, -0.05) is 30.3 Å². The summed E-state index contributed by atoms with van der Waals surface area (Å²) in [5, 5.41) is 3.27. The highest BCUT2D eigenvalue weighted by molar-refractivity contribution is 5.81. The Hall–Kier alpha value is -2.07. The van der Waals surface area contributed by atoms with Crippen molar-refractivity contribution in [2.45, 2.75) is 32.9 Å². The molecule has 0 unspecified atom stereocenters. The van der Waals surface area contributed by atoms with Crippen LogP contribution in [0.25, 0.3) is 0 Å². The average Bonchev–Trinajstić information content (AvgIpc) is 2.75. The first-order chi connectivity index (χ1) is 9.49. The summed E-state index contributed by atoms with van der Waals surface area (Å²) < 4.78 is 5.53. The topological polar surface area (TPSA) is 68.3 Å². The number of carbonyl (C=O) groups is 1. The van der Waals surface area contributed by atoms with Gasteiger partial charge in [-0.15, -0.1) is 0 Å². The molecule has 0 saturated heterocycles. The Labute approximate surface area is 119 Å². The number of aryl methyl sites for hydroxylation is 2. The van der Waals surface area contributed by atoms with Gasteiger partial charge in [0.25, 0.3) is 0 Å². The largest absolute Gasteiger partial charge is 0.466 e. The second-order valence-corrected chi connectivity index (χ2v) is 5.00. The second kappa shape index (κ2) is 5.92. The van der Waals surface area contributed by atoms with Gasteiger partial charge in [-0.05, 0) is 32.4 Å². The molecule has 0 aliphatic carbocycles. The third-order valence-electron chi connectivity index (χ3n) is 3.38. The van der Waals surface area contributed by atoms with E-state index in [2.05, 4.69) is 5.32 Å². The van der Waals surface area contributed by atoms with Crippen molar-refractivity contribution in [2.75, 3.05) is 0 Å². The lowest BCUT2D eigenvalue weighted by atomic mass is 10.0. The monoisotopic (exact) mass is 272 g/mol. The maximum Gasteiger partial charge on any atom is 0.239 e.